The summed E-state index contributed by atoms with van der Waals surface area (Å²) in [6.45, 7) is 2.02. The fraction of sp³-hybridized carbons (Fsp3) is 0.312. The first kappa shape index (κ1) is 16.4. The van der Waals surface area contributed by atoms with Crippen LogP contribution in [0.3, 0.4) is 0 Å². The fourth-order valence-electron chi connectivity index (χ4n) is 2.59. The number of benzene rings is 1. The van der Waals surface area contributed by atoms with E-state index in [1.165, 1.54) is 0 Å². The smallest absolute Gasteiger partial charge is 0.255 e. The summed E-state index contributed by atoms with van der Waals surface area (Å²) in [4.78, 5) is 18.8. The van der Waals surface area contributed by atoms with Gasteiger partial charge in [0.1, 0.15) is 11.6 Å². The predicted octanol–water partition coefficient (Wildman–Crippen LogP) is 1.61. The third-order valence-corrected chi connectivity index (χ3v) is 4.37. The molecule has 126 valence electrons. The van der Waals surface area contributed by atoms with Gasteiger partial charge in [0.2, 0.25) is 0 Å². The maximum absolute atomic E-state index is 11.8. The number of aromatic amines is 1. The summed E-state index contributed by atoms with van der Waals surface area (Å²) < 4.78 is 24.7. The molecule has 0 saturated heterocycles. The van der Waals surface area contributed by atoms with Gasteiger partial charge in [-0.25, -0.2) is 18.1 Å². The molecule has 0 fully saturated rings. The maximum atomic E-state index is 11.8. The van der Waals surface area contributed by atoms with E-state index in [4.69, 9.17) is 0 Å². The van der Waals surface area contributed by atoms with Crippen molar-refractivity contribution in [2.75, 3.05) is 6.26 Å². The monoisotopic (exact) mass is 346 g/mol. The molecule has 1 N–H and O–H groups in total. The maximum Gasteiger partial charge on any atom is 0.255 e. The molecule has 0 atom stereocenters. The van der Waals surface area contributed by atoms with Crippen LogP contribution in [0.5, 0.6) is 0 Å². The second kappa shape index (κ2) is 6.20. The number of H-pyrrole nitrogens is 1. The number of rotatable bonds is 5. The molecule has 0 aliphatic rings. The molecule has 0 spiro atoms. The third kappa shape index (κ3) is 3.38. The third-order valence-electron chi connectivity index (χ3n) is 3.58. The van der Waals surface area contributed by atoms with Crippen LogP contribution in [-0.4, -0.2) is 34.4 Å². The highest BCUT2D eigenvalue weighted by atomic mass is 32.2. The van der Waals surface area contributed by atoms with E-state index in [9.17, 15) is 13.2 Å². The van der Waals surface area contributed by atoms with Crippen LogP contribution in [0.25, 0.3) is 16.5 Å². The minimum absolute atomic E-state index is 0.149. The number of pyridine rings is 1. The van der Waals surface area contributed by atoms with Gasteiger partial charge in [0.05, 0.1) is 5.69 Å². The predicted molar refractivity (Wildman–Crippen MR) is 92.0 cm³/mol. The van der Waals surface area contributed by atoms with Gasteiger partial charge in [-0.15, -0.1) is 5.10 Å². The lowest BCUT2D eigenvalue weighted by molar-refractivity contribution is 0.599. The van der Waals surface area contributed by atoms with E-state index >= 15 is 0 Å². The first-order valence-electron chi connectivity index (χ1n) is 7.62. The lowest BCUT2D eigenvalue weighted by atomic mass is 10.1. The Morgan fingerprint density at radius 3 is 2.75 bits per heavy atom. The van der Waals surface area contributed by atoms with E-state index in [0.29, 0.717) is 17.6 Å². The molecule has 0 saturated carbocycles. The van der Waals surface area contributed by atoms with Gasteiger partial charge in [0.25, 0.3) is 5.56 Å². The summed E-state index contributed by atoms with van der Waals surface area (Å²) in [5.74, 6) is 0.802. The molecule has 0 radical (unpaired) electrons. The van der Waals surface area contributed by atoms with Gasteiger partial charge >= 0.3 is 0 Å². The molecule has 7 nitrogen and oxygen atoms in total. The Kier molecular flexibility index (Phi) is 4.23. The first-order valence-corrected chi connectivity index (χ1v) is 9.68. The lowest BCUT2D eigenvalue weighted by Crippen LogP contribution is -2.07. The van der Waals surface area contributed by atoms with Crippen molar-refractivity contribution in [2.45, 2.75) is 25.5 Å². The van der Waals surface area contributed by atoms with Crippen molar-refractivity contribution in [3.63, 3.8) is 0 Å². The Bertz CT molecular complexity index is 1050. The second-order valence-electron chi connectivity index (χ2n) is 5.75. The molecule has 24 heavy (non-hydrogen) atoms. The molecule has 3 aromatic rings. The number of nitrogens with zero attached hydrogens (tertiary/aromatic N) is 3. The first-order chi connectivity index (χ1) is 11.4. The normalized spacial score (nSPS) is 11.9. The standard InChI is InChI=1S/C16H18N4O3S/c1-3-4-15-18-14(10-24(2,22)23)19-20(15)12-5-6-13-11(9-12)7-8-17-16(13)21/h5-9H,3-4,10H2,1-2H3,(H,17,21). The summed E-state index contributed by atoms with van der Waals surface area (Å²) in [6.07, 6.45) is 4.31. The highest BCUT2D eigenvalue weighted by Crippen LogP contribution is 2.17. The largest absolute Gasteiger partial charge is 0.329 e. The minimum atomic E-state index is -3.20. The number of nitrogens with one attached hydrogen (secondary N) is 1. The Morgan fingerprint density at radius 1 is 1.25 bits per heavy atom. The zero-order valence-electron chi connectivity index (χ0n) is 13.5. The van der Waals surface area contributed by atoms with Crippen molar-refractivity contribution in [3.05, 3.63) is 52.5 Å². The number of aryl methyl sites for hydroxylation is 1. The van der Waals surface area contributed by atoms with E-state index in [1.807, 2.05) is 19.1 Å². The zero-order valence-corrected chi connectivity index (χ0v) is 14.3. The number of sulfone groups is 1. The van der Waals surface area contributed by atoms with Gasteiger partial charge in [-0.05, 0) is 36.1 Å². The van der Waals surface area contributed by atoms with Crippen LogP contribution < -0.4 is 5.56 Å². The quantitative estimate of drug-likeness (QED) is 0.757. The molecule has 0 aliphatic heterocycles. The molecular formula is C16H18N4O3S. The number of hydrogen-bond donors (Lipinski definition) is 1. The summed E-state index contributed by atoms with van der Waals surface area (Å²) in [7, 11) is -3.20. The molecule has 2 heterocycles. The van der Waals surface area contributed by atoms with Crippen molar-refractivity contribution in [1.82, 2.24) is 19.7 Å². The average Bonchev–Trinajstić information content (AvgIpc) is 2.88. The molecule has 2 aromatic heterocycles. The summed E-state index contributed by atoms with van der Waals surface area (Å²) in [5, 5.41) is 5.74. The van der Waals surface area contributed by atoms with E-state index in [1.54, 1.807) is 23.0 Å². The summed E-state index contributed by atoms with van der Waals surface area (Å²) in [6, 6.07) is 7.18. The van der Waals surface area contributed by atoms with Gasteiger partial charge in [-0.3, -0.25) is 4.79 Å². The second-order valence-corrected chi connectivity index (χ2v) is 7.89. The van der Waals surface area contributed by atoms with Gasteiger partial charge in [-0.1, -0.05) is 6.92 Å². The number of fused-ring (bicyclic) bond motifs is 1. The van der Waals surface area contributed by atoms with E-state index in [-0.39, 0.29) is 17.1 Å². The highest BCUT2D eigenvalue weighted by molar-refractivity contribution is 7.89. The molecule has 0 amide bonds. The molecule has 1 aromatic carbocycles. The van der Waals surface area contributed by atoms with Gasteiger partial charge in [-0.2, -0.15) is 0 Å². The van der Waals surface area contributed by atoms with Crippen LogP contribution >= 0.6 is 0 Å². The van der Waals surface area contributed by atoms with Gasteiger partial charge in [0, 0.05) is 24.3 Å². The minimum Gasteiger partial charge on any atom is -0.329 e. The zero-order chi connectivity index (χ0) is 17.3. The summed E-state index contributed by atoms with van der Waals surface area (Å²) >= 11 is 0. The Labute approximate surface area is 139 Å². The van der Waals surface area contributed by atoms with Crippen LogP contribution in [0.1, 0.15) is 25.0 Å². The molecule has 0 aliphatic carbocycles. The Balaban J connectivity index is 2.12. The SMILES string of the molecule is CCCc1nc(CS(C)(=O)=O)nn1-c1ccc2c(=O)[nH]ccc2c1. The van der Waals surface area contributed by atoms with Gasteiger partial charge in [0.15, 0.2) is 15.7 Å². The van der Waals surface area contributed by atoms with Crippen molar-refractivity contribution in [1.29, 1.82) is 0 Å². The van der Waals surface area contributed by atoms with Crippen LogP contribution in [0.2, 0.25) is 0 Å². The average molecular weight is 346 g/mol. The van der Waals surface area contributed by atoms with Crippen molar-refractivity contribution < 1.29 is 8.42 Å². The lowest BCUT2D eigenvalue weighted by Gasteiger charge is -2.06. The molecule has 0 bridgehead atoms. The van der Waals surface area contributed by atoms with E-state index in [2.05, 4.69) is 15.1 Å². The van der Waals surface area contributed by atoms with E-state index < -0.39 is 9.84 Å². The summed E-state index contributed by atoms with van der Waals surface area (Å²) in [5.41, 5.74) is 0.605. The number of hydrogen-bond acceptors (Lipinski definition) is 5. The van der Waals surface area contributed by atoms with Crippen LogP contribution in [0.4, 0.5) is 0 Å². The molecule has 3 rings (SSSR count). The van der Waals surface area contributed by atoms with E-state index in [0.717, 1.165) is 23.8 Å². The van der Waals surface area contributed by atoms with Crippen LogP contribution in [0.15, 0.2) is 35.3 Å². The Morgan fingerprint density at radius 2 is 2.04 bits per heavy atom. The van der Waals surface area contributed by atoms with Crippen LogP contribution in [-0.2, 0) is 22.0 Å². The van der Waals surface area contributed by atoms with Crippen molar-refractivity contribution in [3.8, 4) is 5.69 Å². The molecule has 0 unspecified atom stereocenters. The fourth-order valence-corrected chi connectivity index (χ4v) is 3.18. The molecular weight excluding hydrogens is 328 g/mol. The highest BCUT2D eigenvalue weighted by Gasteiger charge is 2.15. The Hall–Kier alpha value is -2.48. The number of aromatic nitrogens is 4. The van der Waals surface area contributed by atoms with Crippen molar-refractivity contribution >= 4 is 20.6 Å². The van der Waals surface area contributed by atoms with Crippen LogP contribution in [0, 0.1) is 0 Å². The van der Waals surface area contributed by atoms with Gasteiger partial charge < -0.3 is 4.98 Å². The molecule has 8 heteroatoms. The van der Waals surface area contributed by atoms with Crippen molar-refractivity contribution in [2.24, 2.45) is 0 Å². The topological polar surface area (TPSA) is 97.7 Å².